The predicted molar refractivity (Wildman–Crippen MR) is 76.1 cm³/mol. The zero-order valence-electron chi connectivity index (χ0n) is 12.8. The first-order chi connectivity index (χ1) is 8.50. The van der Waals surface area contributed by atoms with E-state index in [2.05, 4.69) is 34.6 Å². The molecule has 0 aromatic heterocycles. The van der Waals surface area contributed by atoms with E-state index >= 15 is 0 Å². The van der Waals surface area contributed by atoms with Gasteiger partial charge in [-0.3, -0.25) is 0 Å². The summed E-state index contributed by atoms with van der Waals surface area (Å²) in [6, 6.07) is 0. The molecule has 0 aromatic rings. The first-order valence-electron chi connectivity index (χ1n) is 8.50. The minimum absolute atomic E-state index is 0.680. The van der Waals surface area contributed by atoms with Crippen LogP contribution in [0.25, 0.3) is 0 Å². The summed E-state index contributed by atoms with van der Waals surface area (Å²) in [5.74, 6) is 9.69. The highest BCUT2D eigenvalue weighted by molar-refractivity contribution is 5.17. The zero-order chi connectivity index (χ0) is 12.8. The smallest absolute Gasteiger partial charge is 0.0269 e. The molecule has 0 saturated heterocycles. The van der Waals surface area contributed by atoms with Gasteiger partial charge in [-0.05, 0) is 71.5 Å². The van der Waals surface area contributed by atoms with Crippen LogP contribution in [-0.2, 0) is 0 Å². The average Bonchev–Trinajstić information content (AvgIpc) is 3.03. The standard InChI is InChI=1S/C18H30/c1-6-18(5)11(4)14-8-15(18)17-13-7-12(16(14)17)9(2)10(13)3/h9-17H,6-8H2,1-5H3. The molecule has 0 aromatic carbocycles. The Labute approximate surface area is 113 Å². The van der Waals surface area contributed by atoms with Gasteiger partial charge >= 0.3 is 0 Å². The lowest BCUT2D eigenvalue weighted by atomic mass is 9.54. The molecule has 0 heterocycles. The molecular formula is C18H30. The molecule has 0 nitrogen and oxygen atoms in total. The SMILES string of the molecule is CCC1(C)C(C)C2CC1C1C3CC(C(C)C3C)C21. The molecule has 4 fully saturated rings. The molecule has 4 aliphatic carbocycles. The van der Waals surface area contributed by atoms with Gasteiger partial charge in [0.15, 0.2) is 0 Å². The maximum atomic E-state index is 2.62. The molecule has 4 bridgehead atoms. The summed E-state index contributed by atoms with van der Waals surface area (Å²) in [4.78, 5) is 0. The lowest BCUT2D eigenvalue weighted by Crippen LogP contribution is -2.46. The number of hydrogen-bond acceptors (Lipinski definition) is 0. The molecule has 10 atom stereocenters. The van der Waals surface area contributed by atoms with E-state index in [0.717, 1.165) is 53.3 Å². The van der Waals surface area contributed by atoms with Gasteiger partial charge in [0, 0.05) is 0 Å². The Morgan fingerprint density at radius 2 is 1.50 bits per heavy atom. The van der Waals surface area contributed by atoms with Crippen molar-refractivity contribution in [2.75, 3.05) is 0 Å². The first kappa shape index (κ1) is 11.8. The van der Waals surface area contributed by atoms with Crippen molar-refractivity contribution >= 4 is 0 Å². The van der Waals surface area contributed by atoms with E-state index in [9.17, 15) is 0 Å². The van der Waals surface area contributed by atoms with Gasteiger partial charge in [0.05, 0.1) is 0 Å². The Balaban J connectivity index is 1.73. The Morgan fingerprint density at radius 3 is 2.11 bits per heavy atom. The highest BCUT2D eigenvalue weighted by Gasteiger charge is 2.69. The fraction of sp³-hybridized carbons (Fsp3) is 1.00. The van der Waals surface area contributed by atoms with Crippen molar-refractivity contribution in [3.8, 4) is 0 Å². The quantitative estimate of drug-likeness (QED) is 0.581. The third-order valence-corrected chi connectivity index (χ3v) is 8.93. The summed E-state index contributed by atoms with van der Waals surface area (Å²) >= 11 is 0. The largest absolute Gasteiger partial charge is 0.0648 e. The van der Waals surface area contributed by atoms with Crippen molar-refractivity contribution < 1.29 is 0 Å². The second kappa shape index (κ2) is 3.36. The van der Waals surface area contributed by atoms with Crippen LogP contribution < -0.4 is 0 Å². The fourth-order valence-corrected chi connectivity index (χ4v) is 7.54. The average molecular weight is 246 g/mol. The van der Waals surface area contributed by atoms with Gasteiger partial charge in [-0.15, -0.1) is 0 Å². The van der Waals surface area contributed by atoms with Crippen molar-refractivity contribution in [3.63, 3.8) is 0 Å². The van der Waals surface area contributed by atoms with Gasteiger partial charge < -0.3 is 0 Å². The lowest BCUT2D eigenvalue weighted by molar-refractivity contribution is -0.0306. The second-order valence-corrected chi connectivity index (χ2v) is 8.59. The molecule has 0 spiro atoms. The van der Waals surface area contributed by atoms with E-state index in [-0.39, 0.29) is 0 Å². The van der Waals surface area contributed by atoms with Crippen LogP contribution in [-0.4, -0.2) is 0 Å². The van der Waals surface area contributed by atoms with E-state index in [1.165, 1.54) is 6.42 Å². The van der Waals surface area contributed by atoms with Gasteiger partial charge in [0.2, 0.25) is 0 Å². The van der Waals surface area contributed by atoms with E-state index in [1.54, 1.807) is 12.8 Å². The molecule has 0 radical (unpaired) electrons. The molecule has 4 rings (SSSR count). The van der Waals surface area contributed by atoms with Crippen LogP contribution in [0.2, 0.25) is 0 Å². The molecule has 102 valence electrons. The Bertz CT molecular complexity index is 372. The summed E-state index contributed by atoms with van der Waals surface area (Å²) < 4.78 is 0. The van der Waals surface area contributed by atoms with Crippen molar-refractivity contribution in [2.24, 2.45) is 58.7 Å². The van der Waals surface area contributed by atoms with Gasteiger partial charge in [-0.2, -0.15) is 0 Å². The molecule has 0 N–H and O–H groups in total. The Hall–Kier alpha value is 0. The topological polar surface area (TPSA) is 0 Å². The molecule has 0 amide bonds. The third-order valence-electron chi connectivity index (χ3n) is 8.93. The van der Waals surface area contributed by atoms with Gasteiger partial charge in [0.1, 0.15) is 0 Å². The maximum absolute atomic E-state index is 2.62. The second-order valence-electron chi connectivity index (χ2n) is 8.59. The molecular weight excluding hydrogens is 216 g/mol. The van der Waals surface area contributed by atoms with Crippen LogP contribution in [0, 0.1) is 58.7 Å². The van der Waals surface area contributed by atoms with Crippen LogP contribution in [0.5, 0.6) is 0 Å². The monoisotopic (exact) mass is 246 g/mol. The summed E-state index contributed by atoms with van der Waals surface area (Å²) in [6.45, 7) is 12.8. The third kappa shape index (κ3) is 1.03. The summed E-state index contributed by atoms with van der Waals surface area (Å²) in [5, 5.41) is 0. The lowest BCUT2D eigenvalue weighted by Gasteiger charge is -2.51. The summed E-state index contributed by atoms with van der Waals surface area (Å²) in [7, 11) is 0. The van der Waals surface area contributed by atoms with Crippen LogP contribution >= 0.6 is 0 Å². The minimum Gasteiger partial charge on any atom is -0.0648 e. The van der Waals surface area contributed by atoms with E-state index < -0.39 is 0 Å². The van der Waals surface area contributed by atoms with Crippen molar-refractivity contribution in [1.82, 2.24) is 0 Å². The van der Waals surface area contributed by atoms with Crippen LogP contribution in [0.1, 0.15) is 53.9 Å². The maximum Gasteiger partial charge on any atom is -0.0269 e. The normalized spacial score (nSPS) is 68.8. The predicted octanol–water partition coefficient (Wildman–Crippen LogP) is 4.84. The van der Waals surface area contributed by atoms with E-state index in [1.807, 2.05) is 0 Å². The molecule has 0 heteroatoms. The summed E-state index contributed by atoms with van der Waals surface area (Å²) in [6.07, 6.45) is 4.60. The minimum atomic E-state index is 0.680. The first-order valence-corrected chi connectivity index (χ1v) is 8.50. The van der Waals surface area contributed by atoms with Gasteiger partial charge in [-0.1, -0.05) is 41.0 Å². The van der Waals surface area contributed by atoms with Crippen LogP contribution in [0.15, 0.2) is 0 Å². The number of rotatable bonds is 1. The molecule has 0 aliphatic heterocycles. The fourth-order valence-electron chi connectivity index (χ4n) is 7.54. The van der Waals surface area contributed by atoms with E-state index in [4.69, 9.17) is 0 Å². The molecule has 4 aliphatic rings. The highest BCUT2D eigenvalue weighted by atomic mass is 14.7. The molecule has 10 unspecified atom stereocenters. The van der Waals surface area contributed by atoms with Crippen molar-refractivity contribution in [1.29, 1.82) is 0 Å². The number of fused-ring (bicyclic) bond motifs is 9. The van der Waals surface area contributed by atoms with Crippen LogP contribution in [0.4, 0.5) is 0 Å². The Kier molecular flexibility index (Phi) is 2.20. The van der Waals surface area contributed by atoms with Gasteiger partial charge in [0.25, 0.3) is 0 Å². The summed E-state index contributed by atoms with van der Waals surface area (Å²) in [5.41, 5.74) is 0.680. The van der Waals surface area contributed by atoms with Crippen molar-refractivity contribution in [2.45, 2.75) is 53.9 Å². The number of hydrogen-bond donors (Lipinski definition) is 0. The van der Waals surface area contributed by atoms with Crippen LogP contribution in [0.3, 0.4) is 0 Å². The molecule has 4 saturated carbocycles. The molecule has 18 heavy (non-hydrogen) atoms. The van der Waals surface area contributed by atoms with Crippen molar-refractivity contribution in [3.05, 3.63) is 0 Å². The highest BCUT2D eigenvalue weighted by Crippen LogP contribution is 2.75. The zero-order valence-corrected chi connectivity index (χ0v) is 12.8. The Morgan fingerprint density at radius 1 is 0.889 bits per heavy atom. The van der Waals surface area contributed by atoms with E-state index in [0.29, 0.717) is 5.41 Å². The van der Waals surface area contributed by atoms with Gasteiger partial charge in [-0.25, -0.2) is 0 Å².